The standard InChI is InChI=1S/C19H29N3OS/c24-19(21-14-16-6-2-1-3-7-16)17(18-8-4-5-9-20-18)15-22-10-12-23-13-11-22/h4-5,8-9,16-17H,1-3,6-7,10-15H2,(H,21,24). The Hall–Kier alpha value is -1.04. The average molecular weight is 348 g/mol. The number of nitrogens with zero attached hydrogens (tertiary/aromatic N) is 2. The van der Waals surface area contributed by atoms with E-state index < -0.39 is 0 Å². The molecule has 1 saturated carbocycles. The molecule has 0 amide bonds. The van der Waals surface area contributed by atoms with Gasteiger partial charge in [0, 0.05) is 32.4 Å². The molecule has 5 heteroatoms. The maximum Gasteiger partial charge on any atom is 0.0858 e. The predicted octanol–water partition coefficient (Wildman–Crippen LogP) is 2.99. The van der Waals surface area contributed by atoms with Crippen LogP contribution < -0.4 is 5.32 Å². The van der Waals surface area contributed by atoms with E-state index in [-0.39, 0.29) is 5.92 Å². The molecule has 132 valence electrons. The molecular weight excluding hydrogens is 318 g/mol. The van der Waals surface area contributed by atoms with Crippen molar-refractivity contribution in [2.45, 2.75) is 38.0 Å². The summed E-state index contributed by atoms with van der Waals surface area (Å²) >= 11 is 5.79. The molecule has 1 unspecified atom stereocenters. The topological polar surface area (TPSA) is 37.4 Å². The number of hydrogen-bond acceptors (Lipinski definition) is 4. The zero-order valence-corrected chi connectivity index (χ0v) is 15.3. The molecule has 2 aliphatic rings. The minimum Gasteiger partial charge on any atom is -0.379 e. The van der Waals surface area contributed by atoms with Crippen molar-refractivity contribution in [2.75, 3.05) is 39.4 Å². The Morgan fingerprint density at radius 1 is 1.25 bits per heavy atom. The van der Waals surface area contributed by atoms with E-state index in [4.69, 9.17) is 17.0 Å². The van der Waals surface area contributed by atoms with E-state index in [9.17, 15) is 0 Å². The summed E-state index contributed by atoms with van der Waals surface area (Å²) in [5.74, 6) is 0.951. The van der Waals surface area contributed by atoms with Gasteiger partial charge < -0.3 is 10.1 Å². The monoisotopic (exact) mass is 347 g/mol. The van der Waals surface area contributed by atoms with Crippen LogP contribution in [0.25, 0.3) is 0 Å². The van der Waals surface area contributed by atoms with Gasteiger partial charge >= 0.3 is 0 Å². The first-order valence-corrected chi connectivity index (χ1v) is 9.72. The summed E-state index contributed by atoms with van der Waals surface area (Å²) in [4.78, 5) is 7.97. The Balaban J connectivity index is 1.60. The molecule has 1 aliphatic carbocycles. The normalized spacial score (nSPS) is 21.3. The smallest absolute Gasteiger partial charge is 0.0858 e. The molecule has 0 aromatic carbocycles. The van der Waals surface area contributed by atoms with Gasteiger partial charge in [-0.2, -0.15) is 0 Å². The zero-order valence-electron chi connectivity index (χ0n) is 14.5. The predicted molar refractivity (Wildman–Crippen MR) is 101 cm³/mol. The van der Waals surface area contributed by atoms with Crippen LogP contribution in [0.5, 0.6) is 0 Å². The van der Waals surface area contributed by atoms with E-state index in [1.165, 1.54) is 32.1 Å². The van der Waals surface area contributed by atoms with E-state index in [2.05, 4.69) is 27.3 Å². The number of ether oxygens (including phenoxy) is 1. The third-order valence-corrected chi connectivity index (χ3v) is 5.62. The summed E-state index contributed by atoms with van der Waals surface area (Å²) in [5.41, 5.74) is 1.07. The lowest BCUT2D eigenvalue weighted by atomic mass is 9.89. The first-order chi connectivity index (χ1) is 11.8. The highest BCUT2D eigenvalue weighted by atomic mass is 32.1. The Bertz CT molecular complexity index is 499. The minimum absolute atomic E-state index is 0.169. The van der Waals surface area contributed by atoms with Crippen LogP contribution in [0.15, 0.2) is 24.4 Å². The lowest BCUT2D eigenvalue weighted by Crippen LogP contribution is -2.43. The van der Waals surface area contributed by atoms with Crippen molar-refractivity contribution in [3.8, 4) is 0 Å². The molecule has 0 spiro atoms. The van der Waals surface area contributed by atoms with Gasteiger partial charge in [-0.1, -0.05) is 37.5 Å². The number of hydrogen-bond donors (Lipinski definition) is 1. The Morgan fingerprint density at radius 2 is 2.04 bits per heavy atom. The molecule has 1 saturated heterocycles. The Labute approximate surface area is 151 Å². The quantitative estimate of drug-likeness (QED) is 0.801. The number of nitrogens with one attached hydrogen (secondary N) is 1. The summed E-state index contributed by atoms with van der Waals surface area (Å²) in [6.45, 7) is 5.54. The van der Waals surface area contributed by atoms with Crippen molar-refractivity contribution < 1.29 is 4.74 Å². The highest BCUT2D eigenvalue weighted by Crippen LogP contribution is 2.23. The zero-order chi connectivity index (χ0) is 16.6. The fourth-order valence-electron chi connectivity index (χ4n) is 3.69. The summed E-state index contributed by atoms with van der Waals surface area (Å²) < 4.78 is 5.47. The van der Waals surface area contributed by atoms with Gasteiger partial charge in [0.15, 0.2) is 0 Å². The van der Waals surface area contributed by atoms with Crippen LogP contribution in [0.1, 0.15) is 43.7 Å². The van der Waals surface area contributed by atoms with Crippen molar-refractivity contribution in [3.05, 3.63) is 30.1 Å². The van der Waals surface area contributed by atoms with Gasteiger partial charge in [-0.3, -0.25) is 9.88 Å². The molecule has 24 heavy (non-hydrogen) atoms. The first kappa shape index (κ1) is 17.8. The number of thiocarbonyl (C=S) groups is 1. The summed E-state index contributed by atoms with van der Waals surface area (Å²) in [7, 11) is 0. The molecular formula is C19H29N3OS. The van der Waals surface area contributed by atoms with Gasteiger partial charge in [-0.15, -0.1) is 0 Å². The molecule has 1 aliphatic heterocycles. The Kier molecular flexibility index (Phi) is 6.99. The minimum atomic E-state index is 0.169. The van der Waals surface area contributed by atoms with E-state index in [0.29, 0.717) is 0 Å². The summed E-state index contributed by atoms with van der Waals surface area (Å²) in [5, 5.41) is 3.57. The van der Waals surface area contributed by atoms with E-state index >= 15 is 0 Å². The van der Waals surface area contributed by atoms with Gasteiger partial charge in [-0.05, 0) is 30.9 Å². The molecule has 2 fully saturated rings. The average Bonchev–Trinajstić information content (AvgIpc) is 2.66. The maximum absolute atomic E-state index is 5.79. The second-order valence-corrected chi connectivity index (χ2v) is 7.41. The molecule has 1 atom stereocenters. The van der Waals surface area contributed by atoms with Crippen LogP contribution in [0.3, 0.4) is 0 Å². The van der Waals surface area contributed by atoms with Crippen molar-refractivity contribution in [2.24, 2.45) is 5.92 Å². The number of pyridine rings is 1. The third-order valence-electron chi connectivity index (χ3n) is 5.20. The van der Waals surface area contributed by atoms with Gasteiger partial charge in [0.2, 0.25) is 0 Å². The molecule has 1 aromatic heterocycles. The van der Waals surface area contributed by atoms with Crippen LogP contribution in [0.4, 0.5) is 0 Å². The van der Waals surface area contributed by atoms with Gasteiger partial charge in [0.1, 0.15) is 0 Å². The lowest BCUT2D eigenvalue weighted by Gasteiger charge is -2.31. The van der Waals surface area contributed by atoms with Gasteiger partial charge in [-0.25, -0.2) is 0 Å². The van der Waals surface area contributed by atoms with Crippen molar-refractivity contribution in [1.29, 1.82) is 0 Å². The lowest BCUT2D eigenvalue weighted by molar-refractivity contribution is 0.0372. The highest BCUT2D eigenvalue weighted by Gasteiger charge is 2.24. The highest BCUT2D eigenvalue weighted by molar-refractivity contribution is 7.80. The maximum atomic E-state index is 5.79. The van der Waals surface area contributed by atoms with E-state index in [0.717, 1.165) is 56.0 Å². The molecule has 1 aromatic rings. The van der Waals surface area contributed by atoms with Gasteiger partial charge in [0.25, 0.3) is 0 Å². The molecule has 0 bridgehead atoms. The largest absolute Gasteiger partial charge is 0.379 e. The second kappa shape index (κ2) is 9.44. The number of rotatable bonds is 6. The molecule has 2 heterocycles. The van der Waals surface area contributed by atoms with Crippen molar-refractivity contribution in [3.63, 3.8) is 0 Å². The molecule has 0 radical (unpaired) electrons. The fourth-order valence-corrected chi connectivity index (χ4v) is 3.97. The SMILES string of the molecule is S=C(NCC1CCCCC1)C(CN1CCOCC1)c1ccccn1. The Morgan fingerprint density at radius 3 is 2.75 bits per heavy atom. The fraction of sp³-hybridized carbons (Fsp3) is 0.684. The summed E-state index contributed by atoms with van der Waals surface area (Å²) in [6.07, 6.45) is 8.69. The molecule has 1 N–H and O–H groups in total. The molecule has 3 rings (SSSR count). The first-order valence-electron chi connectivity index (χ1n) is 9.31. The summed E-state index contributed by atoms with van der Waals surface area (Å²) in [6, 6.07) is 6.12. The van der Waals surface area contributed by atoms with Crippen LogP contribution >= 0.6 is 12.2 Å². The van der Waals surface area contributed by atoms with Crippen molar-refractivity contribution in [1.82, 2.24) is 15.2 Å². The number of aromatic nitrogens is 1. The van der Waals surface area contributed by atoms with E-state index in [1.54, 1.807) is 0 Å². The van der Waals surface area contributed by atoms with Crippen LogP contribution in [0.2, 0.25) is 0 Å². The second-order valence-electron chi connectivity index (χ2n) is 6.97. The van der Waals surface area contributed by atoms with Crippen LogP contribution in [-0.2, 0) is 4.74 Å². The molecule has 4 nitrogen and oxygen atoms in total. The van der Waals surface area contributed by atoms with E-state index in [1.807, 2.05) is 12.3 Å². The van der Waals surface area contributed by atoms with Gasteiger partial charge in [0.05, 0.1) is 29.8 Å². The third kappa shape index (κ3) is 5.23. The van der Waals surface area contributed by atoms with Crippen LogP contribution in [0, 0.1) is 5.92 Å². The number of morpholine rings is 1. The van der Waals surface area contributed by atoms with Crippen molar-refractivity contribution >= 4 is 17.2 Å². The van der Waals surface area contributed by atoms with Crippen LogP contribution in [-0.4, -0.2) is 54.3 Å².